The molecule has 14 heteroatoms. The largest absolute Gasteiger partial charge is 0.522 e. The SMILES string of the molecule is O=S(=O)(Nc1ncns1)c1cc(F)c(CN2CC[C@@H](OC(F)(F)F)CC2c2ccccc2)cc1F. The van der Waals surface area contributed by atoms with E-state index in [0.717, 1.165) is 23.9 Å². The number of hydrogen-bond donors (Lipinski definition) is 1. The summed E-state index contributed by atoms with van der Waals surface area (Å²) in [6, 6.07) is 9.49. The molecule has 2 aromatic carbocycles. The molecule has 7 nitrogen and oxygen atoms in total. The molecule has 2 heterocycles. The molecule has 3 aromatic rings. The summed E-state index contributed by atoms with van der Waals surface area (Å²) in [5, 5.41) is -0.108. The molecule has 1 saturated heterocycles. The van der Waals surface area contributed by atoms with Crippen molar-refractivity contribution in [2.45, 2.75) is 42.8 Å². The minimum absolute atomic E-state index is 0.00808. The van der Waals surface area contributed by atoms with Gasteiger partial charge in [0.25, 0.3) is 10.0 Å². The number of alkyl halides is 3. The summed E-state index contributed by atoms with van der Waals surface area (Å²) in [6.45, 7) is -0.0226. The first-order valence-electron chi connectivity index (χ1n) is 10.3. The number of benzene rings is 2. The molecule has 0 spiro atoms. The third kappa shape index (κ3) is 6.31. The lowest BCUT2D eigenvalue weighted by molar-refractivity contribution is -0.347. The Labute approximate surface area is 201 Å². The van der Waals surface area contributed by atoms with Crippen molar-refractivity contribution in [1.82, 2.24) is 14.3 Å². The smallest absolute Gasteiger partial charge is 0.292 e. The molecule has 2 atom stereocenters. The van der Waals surface area contributed by atoms with E-state index >= 15 is 0 Å². The first-order valence-corrected chi connectivity index (χ1v) is 12.6. The third-order valence-electron chi connectivity index (χ3n) is 5.50. The number of aromatic nitrogens is 2. The van der Waals surface area contributed by atoms with Gasteiger partial charge in [-0.2, -0.15) is 4.37 Å². The molecule has 0 aliphatic carbocycles. The number of hydrogen-bond acceptors (Lipinski definition) is 7. The summed E-state index contributed by atoms with van der Waals surface area (Å²) in [6.07, 6.45) is -4.74. The van der Waals surface area contributed by atoms with E-state index in [1.807, 2.05) is 4.72 Å². The summed E-state index contributed by atoms with van der Waals surface area (Å²) in [5.41, 5.74) is 0.567. The standard InChI is InChI=1S/C21H19F5N4O3S2/c22-16-10-19(35(31,32)29-20-27-12-28-34-20)17(23)8-14(16)11-30-7-6-15(33-21(24,25)26)9-18(30)13-4-2-1-3-5-13/h1-5,8,10,12,15,18H,6-7,9,11H2,(H,27,28,29)/t15-,18?/m1/s1. The van der Waals surface area contributed by atoms with Gasteiger partial charge in [0, 0.05) is 36.2 Å². The van der Waals surface area contributed by atoms with E-state index in [-0.39, 0.29) is 36.6 Å². The van der Waals surface area contributed by atoms with Crippen molar-refractivity contribution in [3.05, 3.63) is 71.6 Å². The number of rotatable bonds is 7. The summed E-state index contributed by atoms with van der Waals surface area (Å²) in [7, 11) is -4.46. The van der Waals surface area contributed by atoms with Crippen molar-refractivity contribution < 1.29 is 35.1 Å². The Balaban J connectivity index is 1.57. The minimum atomic E-state index is -4.78. The van der Waals surface area contributed by atoms with E-state index in [1.165, 1.54) is 0 Å². The molecule has 0 saturated carbocycles. The number of nitrogens with one attached hydrogen (secondary N) is 1. The normalized spacial score (nSPS) is 19.6. The fraction of sp³-hybridized carbons (Fsp3) is 0.333. The number of ether oxygens (including phenoxy) is 1. The Bertz CT molecular complexity index is 1260. The van der Waals surface area contributed by atoms with Crippen LogP contribution in [0.4, 0.5) is 27.1 Å². The topological polar surface area (TPSA) is 84.4 Å². The lowest BCUT2D eigenvalue weighted by Crippen LogP contribution is -2.41. The molecule has 188 valence electrons. The van der Waals surface area contributed by atoms with Gasteiger partial charge in [-0.15, -0.1) is 13.2 Å². The number of likely N-dealkylation sites (tertiary alicyclic amines) is 1. The Hall–Kier alpha value is -2.68. The molecular weight excluding hydrogens is 515 g/mol. The lowest BCUT2D eigenvalue weighted by atomic mass is 9.92. The maximum Gasteiger partial charge on any atom is 0.522 e. The molecule has 1 fully saturated rings. The van der Waals surface area contributed by atoms with Crippen LogP contribution in [0, 0.1) is 11.6 Å². The molecule has 35 heavy (non-hydrogen) atoms. The van der Waals surface area contributed by atoms with Gasteiger partial charge in [0.2, 0.25) is 5.13 Å². The fourth-order valence-corrected chi connectivity index (χ4v) is 5.73. The molecule has 0 amide bonds. The maximum atomic E-state index is 14.9. The predicted molar refractivity (Wildman–Crippen MR) is 117 cm³/mol. The van der Waals surface area contributed by atoms with Crippen LogP contribution in [0.2, 0.25) is 0 Å². The van der Waals surface area contributed by atoms with Crippen molar-refractivity contribution in [2.75, 3.05) is 11.3 Å². The minimum Gasteiger partial charge on any atom is -0.292 e. The maximum absolute atomic E-state index is 14.9. The summed E-state index contributed by atoms with van der Waals surface area (Å²) in [4.78, 5) is 4.47. The Morgan fingerprint density at radius 3 is 2.54 bits per heavy atom. The first kappa shape index (κ1) is 25.4. The van der Waals surface area contributed by atoms with Gasteiger partial charge in [0.05, 0.1) is 6.10 Å². The molecule has 1 unspecified atom stereocenters. The Morgan fingerprint density at radius 1 is 1.14 bits per heavy atom. The highest BCUT2D eigenvalue weighted by molar-refractivity contribution is 7.93. The van der Waals surface area contributed by atoms with Gasteiger partial charge >= 0.3 is 6.36 Å². The van der Waals surface area contributed by atoms with Crippen LogP contribution in [0.25, 0.3) is 0 Å². The fourth-order valence-electron chi connectivity index (χ4n) is 3.99. The van der Waals surface area contributed by atoms with Crippen LogP contribution in [-0.4, -0.2) is 41.7 Å². The van der Waals surface area contributed by atoms with Gasteiger partial charge in [-0.05, 0) is 30.5 Å². The number of anilines is 1. The average molecular weight is 535 g/mol. The average Bonchev–Trinajstić information content (AvgIpc) is 3.28. The van der Waals surface area contributed by atoms with Gasteiger partial charge in [-0.3, -0.25) is 14.4 Å². The second kappa shape index (κ2) is 10.1. The quantitative estimate of drug-likeness (QED) is 0.436. The summed E-state index contributed by atoms with van der Waals surface area (Å²) in [5.74, 6) is -2.14. The highest BCUT2D eigenvalue weighted by Gasteiger charge is 2.38. The zero-order valence-electron chi connectivity index (χ0n) is 17.9. The summed E-state index contributed by atoms with van der Waals surface area (Å²) < 4.78 is 103. The van der Waals surface area contributed by atoms with Crippen molar-refractivity contribution in [3.8, 4) is 0 Å². The number of nitrogens with zero attached hydrogens (tertiary/aromatic N) is 3. The Morgan fingerprint density at radius 2 is 1.89 bits per heavy atom. The molecule has 4 rings (SSSR count). The molecular formula is C21H19F5N4O3S2. The van der Waals surface area contributed by atoms with Crippen LogP contribution in [0.3, 0.4) is 0 Å². The third-order valence-corrected chi connectivity index (χ3v) is 7.56. The number of sulfonamides is 1. The molecule has 1 aliphatic rings. The number of halogens is 5. The van der Waals surface area contributed by atoms with Gasteiger partial charge in [-0.1, -0.05) is 30.3 Å². The molecule has 1 aliphatic heterocycles. The molecule has 0 bridgehead atoms. The van der Waals surface area contributed by atoms with E-state index in [0.29, 0.717) is 11.6 Å². The van der Waals surface area contributed by atoms with Crippen LogP contribution in [0.5, 0.6) is 0 Å². The second-order valence-corrected chi connectivity index (χ2v) is 10.3. The number of piperidine rings is 1. The van der Waals surface area contributed by atoms with Crippen molar-refractivity contribution in [1.29, 1.82) is 0 Å². The lowest BCUT2D eigenvalue weighted by Gasteiger charge is -2.40. The van der Waals surface area contributed by atoms with E-state index in [2.05, 4.69) is 14.1 Å². The van der Waals surface area contributed by atoms with Crippen LogP contribution in [-0.2, 0) is 21.3 Å². The van der Waals surface area contributed by atoms with Crippen molar-refractivity contribution >= 4 is 26.7 Å². The highest BCUT2D eigenvalue weighted by atomic mass is 32.2. The second-order valence-electron chi connectivity index (χ2n) is 7.83. The zero-order chi connectivity index (χ0) is 25.2. The van der Waals surface area contributed by atoms with Crippen LogP contribution < -0.4 is 4.72 Å². The van der Waals surface area contributed by atoms with Crippen molar-refractivity contribution in [2.24, 2.45) is 0 Å². The van der Waals surface area contributed by atoms with Crippen LogP contribution >= 0.6 is 11.5 Å². The zero-order valence-corrected chi connectivity index (χ0v) is 19.5. The van der Waals surface area contributed by atoms with E-state index in [4.69, 9.17) is 0 Å². The van der Waals surface area contributed by atoms with Gasteiger partial charge in [-0.25, -0.2) is 22.2 Å². The first-order chi connectivity index (χ1) is 16.5. The predicted octanol–water partition coefficient (Wildman–Crippen LogP) is 4.86. The van der Waals surface area contributed by atoms with Gasteiger partial charge in [0.15, 0.2) is 0 Å². The molecule has 1 N–H and O–H groups in total. The molecule has 1 aromatic heterocycles. The van der Waals surface area contributed by atoms with Gasteiger partial charge < -0.3 is 0 Å². The van der Waals surface area contributed by atoms with Gasteiger partial charge in [0.1, 0.15) is 22.9 Å². The van der Waals surface area contributed by atoms with E-state index in [1.54, 1.807) is 35.2 Å². The Kier molecular flexibility index (Phi) is 7.35. The van der Waals surface area contributed by atoms with Crippen molar-refractivity contribution in [3.63, 3.8) is 0 Å². The van der Waals surface area contributed by atoms with E-state index < -0.39 is 45.1 Å². The highest BCUT2D eigenvalue weighted by Crippen LogP contribution is 2.36. The van der Waals surface area contributed by atoms with Crippen LogP contribution in [0.15, 0.2) is 53.7 Å². The van der Waals surface area contributed by atoms with Crippen LogP contribution in [0.1, 0.15) is 30.0 Å². The molecule has 0 radical (unpaired) electrons. The van der Waals surface area contributed by atoms with E-state index in [9.17, 15) is 30.4 Å². The monoisotopic (exact) mass is 534 g/mol. The summed E-state index contributed by atoms with van der Waals surface area (Å²) >= 11 is 0.728.